The standard InChI is InChI=1S/C10H15N3O/c1-3-14-4-2-10(1)13-7-9-5-11-8-12-6-9/h5-6,8,10,13H,1-4,7H2. The normalized spacial score (nSPS) is 18.3. The zero-order valence-corrected chi connectivity index (χ0v) is 8.15. The first kappa shape index (κ1) is 9.55. The van der Waals surface area contributed by atoms with Crippen LogP contribution in [0.2, 0.25) is 0 Å². The topological polar surface area (TPSA) is 47.0 Å². The van der Waals surface area contributed by atoms with E-state index < -0.39 is 0 Å². The third-order valence-electron chi connectivity index (χ3n) is 2.43. The third kappa shape index (κ3) is 2.75. The summed E-state index contributed by atoms with van der Waals surface area (Å²) in [6.45, 7) is 2.61. The number of hydrogen-bond donors (Lipinski definition) is 1. The summed E-state index contributed by atoms with van der Waals surface area (Å²) in [6.07, 6.45) is 7.46. The molecular formula is C10H15N3O. The molecule has 4 heteroatoms. The van der Waals surface area contributed by atoms with Crippen molar-refractivity contribution in [3.63, 3.8) is 0 Å². The molecule has 0 unspecified atom stereocenters. The second-order valence-corrected chi connectivity index (χ2v) is 3.51. The first-order valence-electron chi connectivity index (χ1n) is 5.00. The molecule has 1 N–H and O–H groups in total. The van der Waals surface area contributed by atoms with Crippen LogP contribution in [0.5, 0.6) is 0 Å². The van der Waals surface area contributed by atoms with Crippen LogP contribution >= 0.6 is 0 Å². The van der Waals surface area contributed by atoms with Crippen molar-refractivity contribution in [1.29, 1.82) is 0 Å². The van der Waals surface area contributed by atoms with E-state index in [0.29, 0.717) is 6.04 Å². The maximum absolute atomic E-state index is 5.29. The molecule has 0 saturated carbocycles. The number of rotatable bonds is 3. The van der Waals surface area contributed by atoms with E-state index in [4.69, 9.17) is 4.74 Å². The highest BCUT2D eigenvalue weighted by atomic mass is 16.5. The number of hydrogen-bond acceptors (Lipinski definition) is 4. The van der Waals surface area contributed by atoms with Gasteiger partial charge in [0, 0.05) is 43.8 Å². The number of aromatic nitrogens is 2. The first-order valence-corrected chi connectivity index (χ1v) is 5.00. The SMILES string of the molecule is c1ncc(CNC2CCOCC2)cn1. The van der Waals surface area contributed by atoms with Gasteiger partial charge in [-0.25, -0.2) is 9.97 Å². The predicted octanol–water partition coefficient (Wildman–Crippen LogP) is 0.745. The van der Waals surface area contributed by atoms with Crippen LogP contribution in [-0.2, 0) is 11.3 Å². The average molecular weight is 193 g/mol. The molecule has 2 rings (SSSR count). The Labute approximate surface area is 83.7 Å². The molecule has 0 radical (unpaired) electrons. The number of nitrogens with one attached hydrogen (secondary N) is 1. The molecule has 0 aliphatic carbocycles. The van der Waals surface area contributed by atoms with E-state index in [1.807, 2.05) is 12.4 Å². The van der Waals surface area contributed by atoms with E-state index in [-0.39, 0.29) is 0 Å². The van der Waals surface area contributed by atoms with Gasteiger partial charge in [0.05, 0.1) is 0 Å². The summed E-state index contributed by atoms with van der Waals surface area (Å²) in [7, 11) is 0. The van der Waals surface area contributed by atoms with Crippen molar-refractivity contribution in [2.24, 2.45) is 0 Å². The average Bonchev–Trinajstić information content (AvgIpc) is 2.29. The highest BCUT2D eigenvalue weighted by molar-refractivity contribution is 5.01. The molecule has 0 bridgehead atoms. The van der Waals surface area contributed by atoms with Crippen LogP contribution in [0.3, 0.4) is 0 Å². The van der Waals surface area contributed by atoms with Crippen molar-refractivity contribution in [2.75, 3.05) is 13.2 Å². The zero-order valence-electron chi connectivity index (χ0n) is 8.15. The van der Waals surface area contributed by atoms with Gasteiger partial charge in [-0.1, -0.05) is 0 Å². The van der Waals surface area contributed by atoms with Gasteiger partial charge in [0.2, 0.25) is 0 Å². The minimum atomic E-state index is 0.587. The number of ether oxygens (including phenoxy) is 1. The van der Waals surface area contributed by atoms with Gasteiger partial charge < -0.3 is 10.1 Å². The van der Waals surface area contributed by atoms with Gasteiger partial charge in [0.15, 0.2) is 0 Å². The predicted molar refractivity (Wildman–Crippen MR) is 52.7 cm³/mol. The Hall–Kier alpha value is -1.00. The smallest absolute Gasteiger partial charge is 0.115 e. The monoisotopic (exact) mass is 193 g/mol. The van der Waals surface area contributed by atoms with Gasteiger partial charge in [-0.05, 0) is 12.8 Å². The second-order valence-electron chi connectivity index (χ2n) is 3.51. The molecule has 1 saturated heterocycles. The number of nitrogens with zero attached hydrogens (tertiary/aromatic N) is 2. The van der Waals surface area contributed by atoms with E-state index in [1.165, 1.54) is 0 Å². The molecule has 4 nitrogen and oxygen atoms in total. The minimum Gasteiger partial charge on any atom is -0.381 e. The first-order chi connectivity index (χ1) is 6.95. The van der Waals surface area contributed by atoms with Crippen molar-refractivity contribution in [1.82, 2.24) is 15.3 Å². The van der Waals surface area contributed by atoms with Crippen molar-refractivity contribution in [3.05, 3.63) is 24.3 Å². The van der Waals surface area contributed by atoms with E-state index >= 15 is 0 Å². The van der Waals surface area contributed by atoms with Crippen LogP contribution < -0.4 is 5.32 Å². The molecule has 0 spiro atoms. The molecule has 1 aliphatic heterocycles. The van der Waals surface area contributed by atoms with Crippen LogP contribution in [0.25, 0.3) is 0 Å². The lowest BCUT2D eigenvalue weighted by Gasteiger charge is -2.23. The Balaban J connectivity index is 1.76. The summed E-state index contributed by atoms with van der Waals surface area (Å²) in [5.41, 5.74) is 1.14. The molecular weight excluding hydrogens is 178 g/mol. The third-order valence-corrected chi connectivity index (χ3v) is 2.43. The van der Waals surface area contributed by atoms with E-state index in [1.54, 1.807) is 6.33 Å². The molecule has 14 heavy (non-hydrogen) atoms. The Morgan fingerprint density at radius 3 is 2.71 bits per heavy atom. The summed E-state index contributed by atoms with van der Waals surface area (Å²) < 4.78 is 5.29. The summed E-state index contributed by atoms with van der Waals surface area (Å²) in [5, 5.41) is 3.48. The van der Waals surface area contributed by atoms with Crippen LogP contribution in [0.4, 0.5) is 0 Å². The summed E-state index contributed by atoms with van der Waals surface area (Å²) in [5.74, 6) is 0. The lowest BCUT2D eigenvalue weighted by Crippen LogP contribution is -2.34. The van der Waals surface area contributed by atoms with Crippen molar-refractivity contribution in [3.8, 4) is 0 Å². The van der Waals surface area contributed by atoms with Gasteiger partial charge in [0.1, 0.15) is 6.33 Å². The molecule has 0 amide bonds. The van der Waals surface area contributed by atoms with Crippen LogP contribution in [-0.4, -0.2) is 29.2 Å². The Morgan fingerprint density at radius 1 is 1.29 bits per heavy atom. The molecule has 1 aliphatic rings. The lowest BCUT2D eigenvalue weighted by atomic mass is 10.1. The van der Waals surface area contributed by atoms with Crippen molar-refractivity contribution >= 4 is 0 Å². The summed E-state index contributed by atoms with van der Waals surface area (Å²) in [4.78, 5) is 7.95. The molecule has 76 valence electrons. The maximum Gasteiger partial charge on any atom is 0.115 e. The minimum absolute atomic E-state index is 0.587. The van der Waals surface area contributed by atoms with Crippen molar-refractivity contribution < 1.29 is 4.74 Å². The van der Waals surface area contributed by atoms with Crippen LogP contribution in [0.1, 0.15) is 18.4 Å². The highest BCUT2D eigenvalue weighted by Gasteiger charge is 2.12. The van der Waals surface area contributed by atoms with Gasteiger partial charge in [0.25, 0.3) is 0 Å². The maximum atomic E-state index is 5.29. The van der Waals surface area contributed by atoms with Gasteiger partial charge in [-0.3, -0.25) is 0 Å². The van der Waals surface area contributed by atoms with Gasteiger partial charge >= 0.3 is 0 Å². The van der Waals surface area contributed by atoms with E-state index in [2.05, 4.69) is 15.3 Å². The molecule has 1 aromatic rings. The van der Waals surface area contributed by atoms with Crippen LogP contribution in [0.15, 0.2) is 18.7 Å². The van der Waals surface area contributed by atoms with Gasteiger partial charge in [-0.2, -0.15) is 0 Å². The largest absolute Gasteiger partial charge is 0.381 e. The highest BCUT2D eigenvalue weighted by Crippen LogP contribution is 2.06. The van der Waals surface area contributed by atoms with Crippen LogP contribution in [0, 0.1) is 0 Å². The summed E-state index contributed by atoms with van der Waals surface area (Å²) >= 11 is 0. The quantitative estimate of drug-likeness (QED) is 0.769. The van der Waals surface area contributed by atoms with E-state index in [9.17, 15) is 0 Å². The summed E-state index contributed by atoms with van der Waals surface area (Å²) in [6, 6.07) is 0.587. The Kier molecular flexibility index (Phi) is 3.43. The molecule has 2 heterocycles. The van der Waals surface area contributed by atoms with Crippen molar-refractivity contribution in [2.45, 2.75) is 25.4 Å². The molecule has 1 fully saturated rings. The molecule has 0 atom stereocenters. The molecule has 0 aromatic carbocycles. The Bertz CT molecular complexity index is 259. The fourth-order valence-corrected chi connectivity index (χ4v) is 1.59. The fraction of sp³-hybridized carbons (Fsp3) is 0.600. The zero-order chi connectivity index (χ0) is 9.64. The molecule has 1 aromatic heterocycles. The Morgan fingerprint density at radius 2 is 2.00 bits per heavy atom. The van der Waals surface area contributed by atoms with E-state index in [0.717, 1.165) is 38.2 Å². The van der Waals surface area contributed by atoms with Gasteiger partial charge in [-0.15, -0.1) is 0 Å². The lowest BCUT2D eigenvalue weighted by molar-refractivity contribution is 0.0776. The second kappa shape index (κ2) is 5.02. The fourth-order valence-electron chi connectivity index (χ4n) is 1.59.